The number of carboxylic acids is 1. The predicted octanol–water partition coefficient (Wildman–Crippen LogP) is 3.49. The van der Waals surface area contributed by atoms with Gasteiger partial charge in [-0.05, 0) is 82.6 Å². The Morgan fingerprint density at radius 2 is 1.83 bits per heavy atom. The molecule has 0 aliphatic heterocycles. The standard InChI is InChI=1S/C23H29NO6/c1-12-9-18(20-13(2)14(3)23(28)30-19(20)10-12)29-15(4)21(25)24-11-16-5-7-17(8-6-16)22(26)27/h9-10,15-17H,5-8,11H2,1-4H3,(H,24,25)(H,26,27). The summed E-state index contributed by atoms with van der Waals surface area (Å²) in [6, 6.07) is 3.62. The van der Waals surface area contributed by atoms with Crippen molar-refractivity contribution < 1.29 is 23.8 Å². The molecule has 0 radical (unpaired) electrons. The van der Waals surface area contributed by atoms with Crippen molar-refractivity contribution in [2.24, 2.45) is 11.8 Å². The lowest BCUT2D eigenvalue weighted by Crippen LogP contribution is -2.39. The number of carbonyl (C=O) groups is 2. The van der Waals surface area contributed by atoms with Crippen LogP contribution in [0.3, 0.4) is 0 Å². The SMILES string of the molecule is Cc1cc(OC(C)C(=O)NCC2CCC(C(=O)O)CC2)c2c(C)c(C)c(=O)oc2c1. The van der Waals surface area contributed by atoms with E-state index < -0.39 is 12.1 Å². The van der Waals surface area contributed by atoms with Gasteiger partial charge in [-0.25, -0.2) is 4.79 Å². The minimum Gasteiger partial charge on any atom is -0.481 e. The molecule has 3 rings (SSSR count). The monoisotopic (exact) mass is 415 g/mol. The van der Waals surface area contributed by atoms with Crippen LogP contribution < -0.4 is 15.7 Å². The lowest BCUT2D eigenvalue weighted by molar-refractivity contribution is -0.143. The van der Waals surface area contributed by atoms with Crippen LogP contribution >= 0.6 is 0 Å². The van der Waals surface area contributed by atoms with E-state index in [4.69, 9.17) is 14.3 Å². The number of hydrogen-bond acceptors (Lipinski definition) is 5. The van der Waals surface area contributed by atoms with Gasteiger partial charge in [0.15, 0.2) is 6.10 Å². The van der Waals surface area contributed by atoms with Crippen molar-refractivity contribution in [3.63, 3.8) is 0 Å². The topological polar surface area (TPSA) is 106 Å². The average molecular weight is 415 g/mol. The lowest BCUT2D eigenvalue weighted by atomic mass is 9.82. The second kappa shape index (κ2) is 8.90. The van der Waals surface area contributed by atoms with Gasteiger partial charge in [-0.1, -0.05) is 0 Å². The largest absolute Gasteiger partial charge is 0.481 e. The number of aryl methyl sites for hydroxylation is 2. The van der Waals surface area contributed by atoms with Crippen LogP contribution in [0.25, 0.3) is 11.0 Å². The van der Waals surface area contributed by atoms with E-state index in [-0.39, 0.29) is 23.4 Å². The molecule has 7 heteroatoms. The van der Waals surface area contributed by atoms with Gasteiger partial charge in [-0.3, -0.25) is 9.59 Å². The number of amides is 1. The molecule has 2 aromatic rings. The Morgan fingerprint density at radius 3 is 2.47 bits per heavy atom. The Bertz CT molecular complexity index is 1020. The summed E-state index contributed by atoms with van der Waals surface area (Å²) in [5, 5.41) is 12.7. The van der Waals surface area contributed by atoms with Gasteiger partial charge in [0.2, 0.25) is 0 Å². The van der Waals surface area contributed by atoms with Gasteiger partial charge < -0.3 is 19.6 Å². The molecular formula is C23H29NO6. The number of rotatable bonds is 6. The van der Waals surface area contributed by atoms with Gasteiger partial charge in [0.1, 0.15) is 11.3 Å². The molecular weight excluding hydrogens is 386 g/mol. The van der Waals surface area contributed by atoms with Crippen molar-refractivity contribution in [3.8, 4) is 5.75 Å². The first kappa shape index (κ1) is 21.9. The first-order valence-corrected chi connectivity index (χ1v) is 10.4. The van der Waals surface area contributed by atoms with Crippen LogP contribution in [0.5, 0.6) is 5.75 Å². The van der Waals surface area contributed by atoms with Gasteiger partial charge >= 0.3 is 11.6 Å². The van der Waals surface area contributed by atoms with Crippen molar-refractivity contribution in [1.82, 2.24) is 5.32 Å². The molecule has 7 nitrogen and oxygen atoms in total. The van der Waals surface area contributed by atoms with Gasteiger partial charge in [0.25, 0.3) is 5.91 Å². The minimum absolute atomic E-state index is 0.225. The number of fused-ring (bicyclic) bond motifs is 1. The summed E-state index contributed by atoms with van der Waals surface area (Å²) >= 11 is 0. The fourth-order valence-electron chi connectivity index (χ4n) is 4.03. The number of carbonyl (C=O) groups excluding carboxylic acids is 1. The second-order valence-electron chi connectivity index (χ2n) is 8.34. The molecule has 2 N–H and O–H groups in total. The van der Waals surface area contributed by atoms with E-state index in [1.165, 1.54) is 0 Å². The third kappa shape index (κ3) is 4.66. The second-order valence-corrected chi connectivity index (χ2v) is 8.34. The van der Waals surface area contributed by atoms with Crippen LogP contribution in [-0.2, 0) is 9.59 Å². The highest BCUT2D eigenvalue weighted by molar-refractivity contribution is 5.89. The lowest BCUT2D eigenvalue weighted by Gasteiger charge is -2.26. The van der Waals surface area contributed by atoms with Crippen LogP contribution in [0.1, 0.15) is 49.3 Å². The van der Waals surface area contributed by atoms with E-state index in [9.17, 15) is 14.4 Å². The zero-order chi connectivity index (χ0) is 22.0. The molecule has 1 aliphatic rings. The van der Waals surface area contributed by atoms with Crippen molar-refractivity contribution in [1.29, 1.82) is 0 Å². The first-order chi connectivity index (χ1) is 14.2. The molecule has 0 saturated heterocycles. The van der Waals surface area contributed by atoms with Crippen molar-refractivity contribution >= 4 is 22.8 Å². The van der Waals surface area contributed by atoms with Gasteiger partial charge in [0.05, 0.1) is 11.3 Å². The first-order valence-electron chi connectivity index (χ1n) is 10.4. The highest BCUT2D eigenvalue weighted by Gasteiger charge is 2.27. The molecule has 0 bridgehead atoms. The van der Waals surface area contributed by atoms with Crippen LogP contribution in [0.4, 0.5) is 0 Å². The van der Waals surface area contributed by atoms with Crippen molar-refractivity contribution in [2.75, 3.05) is 6.54 Å². The van der Waals surface area contributed by atoms with Crippen LogP contribution in [-0.4, -0.2) is 29.6 Å². The van der Waals surface area contributed by atoms with Gasteiger partial charge in [-0.2, -0.15) is 0 Å². The van der Waals surface area contributed by atoms with Crippen LogP contribution in [0, 0.1) is 32.6 Å². The molecule has 30 heavy (non-hydrogen) atoms. The molecule has 1 saturated carbocycles. The molecule has 1 fully saturated rings. The predicted molar refractivity (Wildman–Crippen MR) is 113 cm³/mol. The Labute approximate surface area is 175 Å². The Morgan fingerprint density at radius 1 is 1.17 bits per heavy atom. The number of carboxylic acid groups (broad SMARTS) is 1. The molecule has 1 heterocycles. The normalized spacial score (nSPS) is 20.0. The fraction of sp³-hybridized carbons (Fsp3) is 0.522. The maximum atomic E-state index is 12.6. The van der Waals surface area contributed by atoms with E-state index >= 15 is 0 Å². The third-order valence-electron chi connectivity index (χ3n) is 6.09. The summed E-state index contributed by atoms with van der Waals surface area (Å²) < 4.78 is 11.4. The molecule has 1 amide bonds. The number of benzene rings is 1. The van der Waals surface area contributed by atoms with Crippen molar-refractivity contribution in [2.45, 2.75) is 59.5 Å². The molecule has 1 aromatic carbocycles. The maximum absolute atomic E-state index is 12.6. The molecule has 162 valence electrons. The molecule has 1 aliphatic carbocycles. The molecule has 1 unspecified atom stereocenters. The molecule has 1 aromatic heterocycles. The van der Waals surface area contributed by atoms with E-state index in [0.717, 1.165) is 24.0 Å². The third-order valence-corrected chi connectivity index (χ3v) is 6.09. The van der Waals surface area contributed by atoms with Gasteiger partial charge in [-0.15, -0.1) is 0 Å². The summed E-state index contributed by atoms with van der Waals surface area (Å²) in [5.74, 6) is -0.418. The average Bonchev–Trinajstić information content (AvgIpc) is 2.70. The fourth-order valence-corrected chi connectivity index (χ4v) is 4.03. The zero-order valence-electron chi connectivity index (χ0n) is 17.9. The molecule has 0 spiro atoms. The highest BCUT2D eigenvalue weighted by Crippen LogP contribution is 2.32. The van der Waals surface area contributed by atoms with E-state index in [1.54, 1.807) is 19.9 Å². The summed E-state index contributed by atoms with van der Waals surface area (Å²) in [7, 11) is 0. The highest BCUT2D eigenvalue weighted by atomic mass is 16.5. The van der Waals surface area contributed by atoms with Gasteiger partial charge in [0, 0.05) is 12.1 Å². The molecule has 1 atom stereocenters. The van der Waals surface area contributed by atoms with Crippen LogP contribution in [0.2, 0.25) is 0 Å². The van der Waals surface area contributed by atoms with Crippen LogP contribution in [0.15, 0.2) is 21.3 Å². The van der Waals surface area contributed by atoms with E-state index in [2.05, 4.69) is 5.32 Å². The Kier molecular flexibility index (Phi) is 6.48. The summed E-state index contributed by atoms with van der Waals surface area (Å²) in [6.07, 6.45) is 2.18. The Hall–Kier alpha value is -2.83. The Balaban J connectivity index is 1.67. The number of hydrogen-bond donors (Lipinski definition) is 2. The maximum Gasteiger partial charge on any atom is 0.339 e. The number of ether oxygens (including phenoxy) is 1. The summed E-state index contributed by atoms with van der Waals surface area (Å²) in [4.78, 5) is 35.6. The van der Waals surface area contributed by atoms with E-state index in [1.807, 2.05) is 19.9 Å². The van der Waals surface area contributed by atoms with Crippen molar-refractivity contribution in [3.05, 3.63) is 39.2 Å². The van der Waals surface area contributed by atoms with E-state index in [0.29, 0.717) is 41.7 Å². The zero-order valence-corrected chi connectivity index (χ0v) is 17.9. The quantitative estimate of drug-likeness (QED) is 0.700. The summed E-state index contributed by atoms with van der Waals surface area (Å²) in [5.41, 5.74) is 2.23. The number of nitrogens with one attached hydrogen (secondary N) is 1. The number of aliphatic carboxylic acids is 1. The minimum atomic E-state index is -0.730. The summed E-state index contributed by atoms with van der Waals surface area (Å²) in [6.45, 7) is 7.63. The smallest absolute Gasteiger partial charge is 0.339 e.